The van der Waals surface area contributed by atoms with Crippen LogP contribution in [0.2, 0.25) is 5.02 Å². The molecule has 1 fully saturated rings. The number of ether oxygens (including phenoxy) is 3. The highest BCUT2D eigenvalue weighted by Crippen LogP contribution is 2.38. The highest BCUT2D eigenvalue weighted by Gasteiger charge is 2.37. The van der Waals surface area contributed by atoms with E-state index in [1.807, 2.05) is 31.2 Å². The lowest BCUT2D eigenvalue weighted by Gasteiger charge is -2.26. The fourth-order valence-corrected chi connectivity index (χ4v) is 4.16. The van der Waals surface area contributed by atoms with Gasteiger partial charge in [0.25, 0.3) is 11.8 Å². The van der Waals surface area contributed by atoms with Gasteiger partial charge in [0.1, 0.15) is 17.9 Å². The van der Waals surface area contributed by atoms with E-state index in [2.05, 4.69) is 12.2 Å². The van der Waals surface area contributed by atoms with Crippen LogP contribution in [0.25, 0.3) is 6.08 Å². The quantitative estimate of drug-likeness (QED) is 0.187. The third-order valence-corrected chi connectivity index (χ3v) is 6.31. The van der Waals surface area contributed by atoms with Gasteiger partial charge in [-0.3, -0.25) is 14.9 Å². The molecule has 1 heterocycles. The predicted molar refractivity (Wildman–Crippen MR) is 149 cm³/mol. The van der Waals surface area contributed by atoms with Crippen LogP contribution < -0.4 is 24.4 Å². The van der Waals surface area contributed by atoms with Crippen LogP contribution in [0.4, 0.5) is 10.5 Å². The van der Waals surface area contributed by atoms with Gasteiger partial charge in [0.15, 0.2) is 11.5 Å². The molecule has 0 atom stereocenters. The molecule has 8 nitrogen and oxygen atoms in total. The second-order valence-electron chi connectivity index (χ2n) is 8.96. The number of unbranched alkanes of at least 4 members (excludes halogenated alkanes) is 1. The van der Waals surface area contributed by atoms with E-state index in [0.29, 0.717) is 35.1 Å². The van der Waals surface area contributed by atoms with Crippen molar-refractivity contribution in [2.24, 2.45) is 0 Å². The third kappa shape index (κ3) is 6.59. The van der Waals surface area contributed by atoms with Crippen molar-refractivity contribution in [3.63, 3.8) is 0 Å². The fourth-order valence-electron chi connectivity index (χ4n) is 3.89. The molecule has 1 aliphatic rings. The molecule has 1 N–H and O–H groups in total. The van der Waals surface area contributed by atoms with E-state index in [0.717, 1.165) is 28.9 Å². The first-order chi connectivity index (χ1) is 18.8. The molecule has 0 saturated carbocycles. The minimum Gasteiger partial charge on any atom is -0.494 e. The molecule has 0 unspecified atom stereocenters. The smallest absolute Gasteiger partial charge is 0.335 e. The fraction of sp³-hybridized carbons (Fsp3) is 0.233. The van der Waals surface area contributed by atoms with Gasteiger partial charge in [-0.2, -0.15) is 0 Å². The molecule has 3 aromatic rings. The summed E-state index contributed by atoms with van der Waals surface area (Å²) in [7, 11) is 1.47. The van der Waals surface area contributed by atoms with Gasteiger partial charge >= 0.3 is 6.03 Å². The maximum atomic E-state index is 13.3. The van der Waals surface area contributed by atoms with Crippen LogP contribution in [0.1, 0.15) is 36.5 Å². The molecule has 0 aromatic heterocycles. The molecule has 39 heavy (non-hydrogen) atoms. The van der Waals surface area contributed by atoms with Crippen molar-refractivity contribution in [2.75, 3.05) is 18.6 Å². The van der Waals surface area contributed by atoms with Gasteiger partial charge in [-0.1, -0.05) is 54.8 Å². The average Bonchev–Trinajstić information content (AvgIpc) is 2.92. The Bertz CT molecular complexity index is 1400. The highest BCUT2D eigenvalue weighted by atomic mass is 35.5. The minimum absolute atomic E-state index is 0.232. The van der Waals surface area contributed by atoms with E-state index in [1.165, 1.54) is 13.2 Å². The Labute approximate surface area is 232 Å². The van der Waals surface area contributed by atoms with Crippen molar-refractivity contribution in [1.29, 1.82) is 0 Å². The van der Waals surface area contributed by atoms with Gasteiger partial charge in [-0.25, -0.2) is 9.69 Å². The molecular formula is C30H29ClN2O6. The lowest BCUT2D eigenvalue weighted by molar-refractivity contribution is -0.122. The highest BCUT2D eigenvalue weighted by molar-refractivity contribution is 6.39. The number of urea groups is 1. The van der Waals surface area contributed by atoms with Crippen LogP contribution >= 0.6 is 11.6 Å². The number of nitrogens with zero attached hydrogens (tertiary/aromatic N) is 1. The summed E-state index contributed by atoms with van der Waals surface area (Å²) in [6, 6.07) is 16.8. The van der Waals surface area contributed by atoms with E-state index >= 15 is 0 Å². The summed E-state index contributed by atoms with van der Waals surface area (Å²) in [6.45, 7) is 4.92. The Morgan fingerprint density at radius 1 is 0.974 bits per heavy atom. The number of aryl methyl sites for hydroxylation is 1. The van der Waals surface area contributed by atoms with Gasteiger partial charge in [0.2, 0.25) is 0 Å². The number of rotatable bonds is 10. The molecule has 4 amide bonds. The average molecular weight is 549 g/mol. The number of halogens is 1. The number of hydrogen-bond donors (Lipinski definition) is 1. The van der Waals surface area contributed by atoms with Gasteiger partial charge in [-0.05, 0) is 66.9 Å². The monoisotopic (exact) mass is 548 g/mol. The Morgan fingerprint density at radius 2 is 1.69 bits per heavy atom. The first-order valence-electron chi connectivity index (χ1n) is 12.5. The van der Waals surface area contributed by atoms with E-state index < -0.39 is 17.8 Å². The van der Waals surface area contributed by atoms with Gasteiger partial charge in [0.05, 0.1) is 24.4 Å². The number of carbonyl (C=O) groups excluding carboxylic acids is 3. The lowest BCUT2D eigenvalue weighted by Crippen LogP contribution is -2.54. The summed E-state index contributed by atoms with van der Waals surface area (Å²) in [6.07, 6.45) is 3.28. The maximum absolute atomic E-state index is 13.3. The summed E-state index contributed by atoms with van der Waals surface area (Å²) >= 11 is 6.51. The van der Waals surface area contributed by atoms with Crippen LogP contribution in [0.3, 0.4) is 0 Å². The Morgan fingerprint density at radius 3 is 2.36 bits per heavy atom. The molecule has 4 rings (SSSR count). The standard InChI is InChI=1S/C30H29ClN2O6/c1-4-5-14-38-23-12-10-22(11-13-23)33-29(35)24(28(34)32-30(33)36)15-21-16-25(31)27(26(17-21)37-3)39-18-20-8-6-19(2)7-9-20/h6-13,15-17H,4-5,14,18H2,1-3H3,(H,32,34,36)/b24-15-. The Balaban J connectivity index is 1.57. The second kappa shape index (κ2) is 12.5. The van der Waals surface area contributed by atoms with Crippen LogP contribution in [-0.4, -0.2) is 31.6 Å². The SMILES string of the molecule is CCCCOc1ccc(N2C(=O)NC(=O)/C(=C/c3cc(Cl)c(OCc4ccc(C)cc4)c(OC)c3)C2=O)cc1. The van der Waals surface area contributed by atoms with Crippen molar-refractivity contribution < 1.29 is 28.6 Å². The Kier molecular flexibility index (Phi) is 8.88. The normalized spacial score (nSPS) is 14.4. The summed E-state index contributed by atoms with van der Waals surface area (Å²) in [5, 5.41) is 2.46. The summed E-state index contributed by atoms with van der Waals surface area (Å²) < 4.78 is 17.0. The second-order valence-corrected chi connectivity index (χ2v) is 9.37. The number of anilines is 1. The van der Waals surface area contributed by atoms with Crippen molar-refractivity contribution in [2.45, 2.75) is 33.3 Å². The molecule has 0 bridgehead atoms. The first-order valence-corrected chi connectivity index (χ1v) is 12.9. The molecule has 9 heteroatoms. The number of amides is 4. The number of hydrogen-bond acceptors (Lipinski definition) is 6. The molecular weight excluding hydrogens is 520 g/mol. The van der Waals surface area contributed by atoms with Crippen LogP contribution in [0, 0.1) is 6.92 Å². The van der Waals surface area contributed by atoms with E-state index in [1.54, 1.807) is 36.4 Å². The van der Waals surface area contributed by atoms with Crippen LogP contribution in [-0.2, 0) is 16.2 Å². The molecule has 0 spiro atoms. The number of barbiturate groups is 1. The minimum atomic E-state index is -0.836. The van der Waals surface area contributed by atoms with Crippen LogP contribution in [0.5, 0.6) is 17.2 Å². The van der Waals surface area contributed by atoms with Gasteiger partial charge in [0, 0.05) is 0 Å². The van der Waals surface area contributed by atoms with Gasteiger partial charge in [-0.15, -0.1) is 0 Å². The molecule has 202 valence electrons. The van der Waals surface area contributed by atoms with Crippen molar-refractivity contribution in [3.8, 4) is 17.2 Å². The maximum Gasteiger partial charge on any atom is 0.335 e. The summed E-state index contributed by atoms with van der Waals surface area (Å²) in [4.78, 5) is 39.4. The third-order valence-electron chi connectivity index (χ3n) is 6.03. The topological polar surface area (TPSA) is 94.2 Å². The zero-order chi connectivity index (χ0) is 27.9. The number of methoxy groups -OCH3 is 1. The number of nitrogens with one attached hydrogen (secondary N) is 1. The zero-order valence-electron chi connectivity index (χ0n) is 22.0. The van der Waals surface area contributed by atoms with Gasteiger partial charge < -0.3 is 14.2 Å². The first kappa shape index (κ1) is 27.7. The van der Waals surface area contributed by atoms with E-state index in [-0.39, 0.29) is 17.2 Å². The molecule has 1 aliphatic heterocycles. The predicted octanol–water partition coefficient (Wildman–Crippen LogP) is 6.08. The number of imide groups is 2. The number of benzene rings is 3. The summed E-state index contributed by atoms with van der Waals surface area (Å²) in [5.74, 6) is -0.292. The van der Waals surface area contributed by atoms with Crippen molar-refractivity contribution in [3.05, 3.63) is 87.9 Å². The zero-order valence-corrected chi connectivity index (χ0v) is 22.7. The Hall–Kier alpha value is -4.30. The van der Waals surface area contributed by atoms with Crippen LogP contribution in [0.15, 0.2) is 66.2 Å². The summed E-state index contributed by atoms with van der Waals surface area (Å²) in [5.41, 5.74) is 2.59. The molecule has 0 aliphatic carbocycles. The molecule has 1 saturated heterocycles. The molecule has 3 aromatic carbocycles. The van der Waals surface area contributed by atoms with E-state index in [9.17, 15) is 14.4 Å². The largest absolute Gasteiger partial charge is 0.494 e. The molecule has 0 radical (unpaired) electrons. The number of carbonyl (C=O) groups is 3. The lowest BCUT2D eigenvalue weighted by atomic mass is 10.1. The van der Waals surface area contributed by atoms with Crippen molar-refractivity contribution >= 4 is 41.2 Å². The van der Waals surface area contributed by atoms with Crippen molar-refractivity contribution in [1.82, 2.24) is 5.32 Å². The van der Waals surface area contributed by atoms with E-state index in [4.69, 9.17) is 25.8 Å².